The van der Waals surface area contributed by atoms with Gasteiger partial charge in [-0.2, -0.15) is 0 Å². The Morgan fingerprint density at radius 2 is 2.00 bits per heavy atom. The van der Waals surface area contributed by atoms with Gasteiger partial charge in [-0.3, -0.25) is 14.5 Å². The molecule has 2 rings (SSSR count). The topological polar surface area (TPSA) is 78.9 Å². The fourth-order valence-electron chi connectivity index (χ4n) is 2.66. The number of benzene rings is 1. The first-order chi connectivity index (χ1) is 10.6. The highest BCUT2D eigenvalue weighted by Gasteiger charge is 2.31. The predicted molar refractivity (Wildman–Crippen MR) is 81.2 cm³/mol. The third-order valence-corrected chi connectivity index (χ3v) is 3.82. The van der Waals surface area contributed by atoms with Gasteiger partial charge in [0.05, 0.1) is 13.2 Å². The van der Waals surface area contributed by atoms with Crippen LogP contribution in [-0.2, 0) is 27.5 Å². The third-order valence-electron chi connectivity index (χ3n) is 3.82. The van der Waals surface area contributed by atoms with Gasteiger partial charge in [-0.1, -0.05) is 24.3 Å². The van der Waals surface area contributed by atoms with Crippen LogP contribution in [0, 0.1) is 0 Å². The van der Waals surface area contributed by atoms with Crippen molar-refractivity contribution in [1.82, 2.24) is 10.2 Å². The molecule has 1 aliphatic rings. The van der Waals surface area contributed by atoms with Gasteiger partial charge in [0.15, 0.2) is 0 Å². The summed E-state index contributed by atoms with van der Waals surface area (Å²) in [4.78, 5) is 24.7. The maximum Gasteiger partial charge on any atom is 0.320 e. The van der Waals surface area contributed by atoms with Crippen LogP contribution in [0.2, 0.25) is 0 Å². The van der Waals surface area contributed by atoms with E-state index in [1.54, 1.807) is 12.0 Å². The van der Waals surface area contributed by atoms with E-state index in [0.717, 1.165) is 17.5 Å². The van der Waals surface area contributed by atoms with Gasteiger partial charge in [0, 0.05) is 13.7 Å². The Morgan fingerprint density at radius 1 is 1.32 bits per heavy atom. The number of ether oxygens (including phenoxy) is 1. The van der Waals surface area contributed by atoms with Crippen molar-refractivity contribution in [2.24, 2.45) is 0 Å². The summed E-state index contributed by atoms with van der Waals surface area (Å²) < 4.78 is 5.05. The molecule has 1 aromatic rings. The maximum absolute atomic E-state index is 11.9. The van der Waals surface area contributed by atoms with Gasteiger partial charge in [0.25, 0.3) is 0 Å². The minimum Gasteiger partial charge on any atom is -0.480 e. The number of hydrogen-bond acceptors (Lipinski definition) is 4. The van der Waals surface area contributed by atoms with Gasteiger partial charge in [0.2, 0.25) is 5.91 Å². The van der Waals surface area contributed by atoms with Crippen molar-refractivity contribution < 1.29 is 19.4 Å². The summed E-state index contributed by atoms with van der Waals surface area (Å²) in [5, 5.41) is 11.9. The number of nitrogens with zero attached hydrogens (tertiary/aromatic N) is 1. The van der Waals surface area contributed by atoms with Crippen LogP contribution >= 0.6 is 0 Å². The van der Waals surface area contributed by atoms with Gasteiger partial charge in [-0.25, -0.2) is 0 Å². The van der Waals surface area contributed by atoms with Crippen LogP contribution in [0.5, 0.6) is 0 Å². The first-order valence-electron chi connectivity index (χ1n) is 7.40. The number of hydrogen-bond donors (Lipinski definition) is 2. The average molecular weight is 306 g/mol. The zero-order valence-electron chi connectivity index (χ0n) is 12.7. The molecule has 1 amide bonds. The number of carbonyl (C=O) groups is 2. The summed E-state index contributed by atoms with van der Waals surface area (Å²) in [6, 6.07) is 7.30. The van der Waals surface area contributed by atoms with E-state index >= 15 is 0 Å². The van der Waals surface area contributed by atoms with Gasteiger partial charge in [-0.15, -0.1) is 0 Å². The molecule has 120 valence electrons. The Labute approximate surface area is 130 Å². The minimum absolute atomic E-state index is 0.138. The van der Waals surface area contributed by atoms with E-state index in [2.05, 4.69) is 5.32 Å². The van der Waals surface area contributed by atoms with Crippen LogP contribution in [-0.4, -0.2) is 48.1 Å². The molecule has 1 aliphatic heterocycles. The van der Waals surface area contributed by atoms with Crippen LogP contribution < -0.4 is 5.32 Å². The van der Waals surface area contributed by atoms with E-state index in [-0.39, 0.29) is 12.5 Å². The summed E-state index contributed by atoms with van der Waals surface area (Å²) in [7, 11) is 1.65. The summed E-state index contributed by atoms with van der Waals surface area (Å²) in [5.74, 6) is -0.992. The molecule has 0 spiro atoms. The van der Waals surface area contributed by atoms with E-state index in [1.807, 2.05) is 24.3 Å². The Balaban J connectivity index is 1.78. The molecule has 6 nitrogen and oxygen atoms in total. The summed E-state index contributed by atoms with van der Waals surface area (Å²) in [6.45, 7) is 1.81. The normalized spacial score (nSPS) is 18.3. The number of methoxy groups -OCH3 is 1. The molecule has 1 saturated heterocycles. The number of carbonyl (C=O) groups excluding carboxylic acids is 1. The van der Waals surface area contributed by atoms with E-state index in [9.17, 15) is 9.59 Å². The predicted octanol–water partition coefficient (Wildman–Crippen LogP) is 0.998. The molecule has 0 aliphatic carbocycles. The van der Waals surface area contributed by atoms with Gasteiger partial charge in [0.1, 0.15) is 6.04 Å². The molecule has 0 aromatic heterocycles. The number of nitrogens with one attached hydrogen (secondary N) is 1. The number of carboxylic acids is 1. The molecule has 6 heteroatoms. The Kier molecular flexibility index (Phi) is 5.91. The second kappa shape index (κ2) is 7.91. The highest BCUT2D eigenvalue weighted by molar-refractivity contribution is 5.80. The third kappa shape index (κ3) is 4.54. The molecular formula is C16H22N2O4. The molecule has 1 aromatic carbocycles. The number of carboxylic acid groups (broad SMARTS) is 1. The van der Waals surface area contributed by atoms with Crippen LogP contribution in [0.1, 0.15) is 24.0 Å². The number of likely N-dealkylation sites (tertiary alicyclic amines) is 1. The molecule has 0 unspecified atom stereocenters. The molecule has 0 saturated carbocycles. The molecule has 22 heavy (non-hydrogen) atoms. The summed E-state index contributed by atoms with van der Waals surface area (Å²) >= 11 is 0. The fourth-order valence-corrected chi connectivity index (χ4v) is 2.66. The standard InChI is InChI=1S/C16H22N2O4/c1-22-11-13-6-4-12(5-7-13)9-17-15(19)10-18-8-2-3-14(18)16(20)21/h4-7,14H,2-3,8-11H2,1H3,(H,17,19)(H,20,21)/t14-/m0/s1. The minimum atomic E-state index is -0.848. The number of aliphatic carboxylic acids is 1. The Morgan fingerprint density at radius 3 is 2.64 bits per heavy atom. The highest BCUT2D eigenvalue weighted by Crippen LogP contribution is 2.16. The van der Waals surface area contributed by atoms with Crippen LogP contribution in [0.15, 0.2) is 24.3 Å². The largest absolute Gasteiger partial charge is 0.480 e. The van der Waals surface area contributed by atoms with Crippen molar-refractivity contribution in [3.05, 3.63) is 35.4 Å². The molecule has 2 N–H and O–H groups in total. The summed E-state index contributed by atoms with van der Waals surface area (Å²) in [6.07, 6.45) is 1.44. The molecule has 0 bridgehead atoms. The van der Waals surface area contributed by atoms with Crippen molar-refractivity contribution in [1.29, 1.82) is 0 Å². The fraction of sp³-hybridized carbons (Fsp3) is 0.500. The van der Waals surface area contributed by atoms with Gasteiger partial charge < -0.3 is 15.2 Å². The molecule has 0 radical (unpaired) electrons. The number of amides is 1. The van der Waals surface area contributed by atoms with Crippen LogP contribution in [0.4, 0.5) is 0 Å². The second-order valence-corrected chi connectivity index (χ2v) is 5.49. The van der Waals surface area contributed by atoms with Crippen LogP contribution in [0.25, 0.3) is 0 Å². The Hall–Kier alpha value is -1.92. The van der Waals surface area contributed by atoms with Crippen molar-refractivity contribution in [3.8, 4) is 0 Å². The second-order valence-electron chi connectivity index (χ2n) is 5.49. The molecule has 1 fully saturated rings. The lowest BCUT2D eigenvalue weighted by Gasteiger charge is -2.20. The van der Waals surface area contributed by atoms with Crippen molar-refractivity contribution in [2.45, 2.75) is 32.0 Å². The van der Waals surface area contributed by atoms with Crippen molar-refractivity contribution >= 4 is 11.9 Å². The summed E-state index contributed by atoms with van der Waals surface area (Å²) in [5.41, 5.74) is 2.09. The first-order valence-corrected chi connectivity index (χ1v) is 7.40. The zero-order valence-corrected chi connectivity index (χ0v) is 12.7. The molecular weight excluding hydrogens is 284 g/mol. The zero-order chi connectivity index (χ0) is 15.9. The Bertz CT molecular complexity index is 515. The van der Waals surface area contributed by atoms with E-state index in [4.69, 9.17) is 9.84 Å². The lowest BCUT2D eigenvalue weighted by atomic mass is 10.1. The van der Waals surface area contributed by atoms with E-state index < -0.39 is 12.0 Å². The van der Waals surface area contributed by atoms with E-state index in [0.29, 0.717) is 26.1 Å². The van der Waals surface area contributed by atoms with E-state index in [1.165, 1.54) is 0 Å². The number of rotatable bonds is 7. The monoisotopic (exact) mass is 306 g/mol. The molecule has 1 atom stereocenters. The molecule has 1 heterocycles. The maximum atomic E-state index is 11.9. The van der Waals surface area contributed by atoms with Crippen LogP contribution in [0.3, 0.4) is 0 Å². The van der Waals surface area contributed by atoms with Crippen molar-refractivity contribution in [2.75, 3.05) is 20.2 Å². The van der Waals surface area contributed by atoms with Crippen molar-refractivity contribution in [3.63, 3.8) is 0 Å². The highest BCUT2D eigenvalue weighted by atomic mass is 16.5. The smallest absolute Gasteiger partial charge is 0.320 e. The SMILES string of the molecule is COCc1ccc(CNC(=O)CN2CCC[C@H]2C(=O)O)cc1. The first kappa shape index (κ1) is 16.5. The lowest BCUT2D eigenvalue weighted by molar-refractivity contribution is -0.142. The average Bonchev–Trinajstić information content (AvgIpc) is 2.95. The van der Waals surface area contributed by atoms with Gasteiger partial charge >= 0.3 is 5.97 Å². The lowest BCUT2D eigenvalue weighted by Crippen LogP contribution is -2.42. The van der Waals surface area contributed by atoms with Gasteiger partial charge in [-0.05, 0) is 30.5 Å². The quantitative estimate of drug-likeness (QED) is 0.785.